The van der Waals surface area contributed by atoms with E-state index >= 15 is 0 Å². The van der Waals surface area contributed by atoms with E-state index in [2.05, 4.69) is 15.0 Å². The minimum absolute atomic E-state index is 0.0350. The van der Waals surface area contributed by atoms with Crippen LogP contribution in [0, 0.1) is 5.82 Å². The standard InChI is InChI=1S/C15H11FN4O4/c1-20-12-11(14(23)19-15(20)24)17-9(13(22)18-12)6-10(21)7-2-4-8(16)5-3-7/h2-6,21H,1H3,(H,18,22)(H,19,23,24)/b10-6-. The van der Waals surface area contributed by atoms with Crippen molar-refractivity contribution in [2.45, 2.75) is 0 Å². The van der Waals surface area contributed by atoms with Crippen molar-refractivity contribution in [1.82, 2.24) is 19.5 Å². The molecular weight excluding hydrogens is 319 g/mol. The number of halogens is 1. The average molecular weight is 330 g/mol. The number of H-pyrrole nitrogens is 2. The van der Waals surface area contributed by atoms with Gasteiger partial charge in [-0.2, -0.15) is 0 Å². The van der Waals surface area contributed by atoms with Crippen LogP contribution in [0.15, 0.2) is 38.6 Å². The van der Waals surface area contributed by atoms with Crippen molar-refractivity contribution in [2.24, 2.45) is 7.05 Å². The van der Waals surface area contributed by atoms with Crippen molar-refractivity contribution in [2.75, 3.05) is 0 Å². The monoisotopic (exact) mass is 330 g/mol. The van der Waals surface area contributed by atoms with Gasteiger partial charge in [0.25, 0.3) is 11.1 Å². The van der Waals surface area contributed by atoms with Crippen LogP contribution >= 0.6 is 0 Å². The van der Waals surface area contributed by atoms with E-state index in [1.165, 1.54) is 19.2 Å². The van der Waals surface area contributed by atoms with Gasteiger partial charge in [-0.3, -0.25) is 19.1 Å². The molecule has 2 heterocycles. The van der Waals surface area contributed by atoms with Gasteiger partial charge in [0.05, 0.1) is 0 Å². The van der Waals surface area contributed by atoms with E-state index in [0.29, 0.717) is 0 Å². The summed E-state index contributed by atoms with van der Waals surface area (Å²) in [5, 5.41) is 10.0. The fourth-order valence-corrected chi connectivity index (χ4v) is 2.13. The zero-order valence-electron chi connectivity index (χ0n) is 12.3. The van der Waals surface area contributed by atoms with E-state index in [-0.39, 0.29) is 28.2 Å². The quantitative estimate of drug-likeness (QED) is 0.591. The van der Waals surface area contributed by atoms with Crippen molar-refractivity contribution < 1.29 is 9.50 Å². The molecule has 0 amide bonds. The molecule has 0 fully saturated rings. The molecule has 2 aromatic heterocycles. The van der Waals surface area contributed by atoms with Gasteiger partial charge in [0.1, 0.15) is 22.9 Å². The van der Waals surface area contributed by atoms with Crippen molar-refractivity contribution in [3.05, 3.63) is 72.5 Å². The fourth-order valence-electron chi connectivity index (χ4n) is 2.13. The average Bonchev–Trinajstić information content (AvgIpc) is 2.54. The third-order valence-electron chi connectivity index (χ3n) is 3.41. The lowest BCUT2D eigenvalue weighted by Gasteiger charge is -2.04. The molecule has 1 aromatic carbocycles. The first-order chi connectivity index (χ1) is 11.4. The lowest BCUT2D eigenvalue weighted by Crippen LogP contribution is -2.31. The van der Waals surface area contributed by atoms with Gasteiger partial charge in [0.2, 0.25) is 0 Å². The number of aliphatic hydroxyl groups excluding tert-OH is 1. The number of aromatic amines is 2. The molecule has 0 unspecified atom stereocenters. The minimum atomic E-state index is -0.764. The second-order valence-electron chi connectivity index (χ2n) is 5.00. The molecular formula is C15H11FN4O4. The van der Waals surface area contributed by atoms with Gasteiger partial charge in [0, 0.05) is 18.7 Å². The molecule has 0 spiro atoms. The summed E-state index contributed by atoms with van der Waals surface area (Å²) < 4.78 is 13.9. The van der Waals surface area contributed by atoms with Gasteiger partial charge in [0.15, 0.2) is 5.52 Å². The van der Waals surface area contributed by atoms with Gasteiger partial charge in [-0.1, -0.05) is 0 Å². The lowest BCUT2D eigenvalue weighted by molar-refractivity contribution is 0.515. The number of nitrogens with one attached hydrogen (secondary N) is 2. The predicted molar refractivity (Wildman–Crippen MR) is 85.1 cm³/mol. The van der Waals surface area contributed by atoms with E-state index in [9.17, 15) is 23.9 Å². The number of rotatable bonds is 2. The Morgan fingerprint density at radius 3 is 2.50 bits per heavy atom. The summed E-state index contributed by atoms with van der Waals surface area (Å²) in [4.78, 5) is 43.8. The maximum absolute atomic E-state index is 12.9. The molecule has 8 nitrogen and oxygen atoms in total. The number of benzene rings is 1. The molecule has 0 aliphatic carbocycles. The van der Waals surface area contributed by atoms with E-state index in [1.807, 2.05) is 0 Å². The number of aryl methyl sites for hydroxylation is 1. The highest BCUT2D eigenvalue weighted by Gasteiger charge is 2.11. The van der Waals surface area contributed by atoms with Gasteiger partial charge >= 0.3 is 5.69 Å². The Kier molecular flexibility index (Phi) is 3.60. The Morgan fingerprint density at radius 2 is 1.83 bits per heavy atom. The maximum atomic E-state index is 12.9. The number of fused-ring (bicyclic) bond motifs is 1. The maximum Gasteiger partial charge on any atom is 0.329 e. The Labute approximate surface area is 132 Å². The molecule has 0 saturated heterocycles. The molecule has 24 heavy (non-hydrogen) atoms. The molecule has 0 aliphatic heterocycles. The first kappa shape index (κ1) is 15.4. The SMILES string of the molecule is Cn1c(=O)[nH]c(=O)c2nc(/C=C(\O)c3ccc(F)cc3)c(=O)[nH]c21. The normalized spacial score (nSPS) is 11.8. The summed E-state index contributed by atoms with van der Waals surface area (Å²) in [6, 6.07) is 4.95. The van der Waals surface area contributed by atoms with Crippen LogP contribution in [-0.2, 0) is 7.05 Å². The van der Waals surface area contributed by atoms with Gasteiger partial charge in [-0.15, -0.1) is 0 Å². The highest BCUT2D eigenvalue weighted by molar-refractivity contribution is 5.77. The molecule has 0 atom stereocenters. The number of aliphatic hydroxyl groups is 1. The Balaban J connectivity index is 2.20. The van der Waals surface area contributed by atoms with Crippen molar-refractivity contribution >= 4 is 23.0 Å². The Morgan fingerprint density at radius 1 is 1.17 bits per heavy atom. The Hall–Kier alpha value is -3.49. The summed E-state index contributed by atoms with van der Waals surface area (Å²) in [7, 11) is 1.36. The third-order valence-corrected chi connectivity index (χ3v) is 3.41. The van der Waals surface area contributed by atoms with Gasteiger partial charge in [-0.25, -0.2) is 14.2 Å². The van der Waals surface area contributed by atoms with Crippen LogP contribution in [0.3, 0.4) is 0 Å². The zero-order chi connectivity index (χ0) is 17.4. The Bertz CT molecular complexity index is 1140. The van der Waals surface area contributed by atoms with Crippen LogP contribution in [0.2, 0.25) is 0 Å². The van der Waals surface area contributed by atoms with Gasteiger partial charge < -0.3 is 10.1 Å². The summed E-state index contributed by atoms with van der Waals surface area (Å²) in [6.45, 7) is 0. The van der Waals surface area contributed by atoms with Crippen molar-refractivity contribution in [1.29, 1.82) is 0 Å². The summed E-state index contributed by atoms with van der Waals surface area (Å²) in [5.74, 6) is -0.797. The second kappa shape index (κ2) is 5.61. The van der Waals surface area contributed by atoms with Crippen LogP contribution in [0.5, 0.6) is 0 Å². The molecule has 3 aromatic rings. The van der Waals surface area contributed by atoms with Crippen LogP contribution in [0.4, 0.5) is 4.39 Å². The molecule has 0 bridgehead atoms. The van der Waals surface area contributed by atoms with Crippen LogP contribution in [0.1, 0.15) is 11.3 Å². The molecule has 0 aliphatic rings. The first-order valence-corrected chi connectivity index (χ1v) is 6.77. The van der Waals surface area contributed by atoms with E-state index < -0.39 is 22.6 Å². The topological polar surface area (TPSA) is 121 Å². The van der Waals surface area contributed by atoms with Crippen LogP contribution < -0.4 is 16.8 Å². The number of nitrogens with zero attached hydrogens (tertiary/aromatic N) is 2. The van der Waals surface area contributed by atoms with E-state index in [0.717, 1.165) is 22.8 Å². The highest BCUT2D eigenvalue weighted by Crippen LogP contribution is 2.14. The highest BCUT2D eigenvalue weighted by atomic mass is 19.1. The summed E-state index contributed by atoms with van der Waals surface area (Å²) in [6.07, 6.45) is 1.05. The third kappa shape index (κ3) is 2.62. The van der Waals surface area contributed by atoms with Crippen molar-refractivity contribution in [3.8, 4) is 0 Å². The minimum Gasteiger partial charge on any atom is -0.507 e. The number of hydrogen-bond acceptors (Lipinski definition) is 5. The largest absolute Gasteiger partial charge is 0.507 e. The molecule has 122 valence electrons. The van der Waals surface area contributed by atoms with Gasteiger partial charge in [-0.05, 0) is 24.3 Å². The number of hydrogen-bond donors (Lipinski definition) is 3. The fraction of sp³-hybridized carbons (Fsp3) is 0.0667. The lowest BCUT2D eigenvalue weighted by atomic mass is 10.1. The van der Waals surface area contributed by atoms with E-state index in [1.54, 1.807) is 0 Å². The van der Waals surface area contributed by atoms with E-state index in [4.69, 9.17) is 0 Å². The summed E-state index contributed by atoms with van der Waals surface area (Å²) >= 11 is 0. The molecule has 9 heteroatoms. The zero-order valence-corrected chi connectivity index (χ0v) is 12.3. The molecule has 0 radical (unpaired) electrons. The van der Waals surface area contributed by atoms with Crippen molar-refractivity contribution in [3.63, 3.8) is 0 Å². The second-order valence-corrected chi connectivity index (χ2v) is 5.00. The predicted octanol–water partition coefficient (Wildman–Crippen LogP) is 0.505. The molecule has 0 saturated carbocycles. The smallest absolute Gasteiger partial charge is 0.329 e. The molecule has 3 N–H and O–H groups in total. The van der Waals surface area contributed by atoms with Crippen LogP contribution in [-0.4, -0.2) is 24.6 Å². The first-order valence-electron chi connectivity index (χ1n) is 6.77. The van der Waals surface area contributed by atoms with Crippen LogP contribution in [0.25, 0.3) is 23.0 Å². The molecule has 3 rings (SSSR count). The summed E-state index contributed by atoms with van der Waals surface area (Å²) in [5.41, 5.74) is -2.30. The number of aromatic nitrogens is 4.